The fourth-order valence-electron chi connectivity index (χ4n) is 1.47. The number of anilines is 2. The lowest BCUT2D eigenvalue weighted by atomic mass is 9.88. The summed E-state index contributed by atoms with van der Waals surface area (Å²) in [6.45, 7) is 9.51. The molecule has 0 saturated heterocycles. The quantitative estimate of drug-likeness (QED) is 0.793. The summed E-state index contributed by atoms with van der Waals surface area (Å²) in [4.78, 5) is 22.9. The van der Waals surface area contributed by atoms with Gasteiger partial charge in [0.2, 0.25) is 5.91 Å². The first-order valence-electron chi connectivity index (χ1n) is 6.74. The number of carbonyl (C=O) groups excluding carboxylic acids is 2. The highest BCUT2D eigenvalue weighted by atomic mass is 35.5. The highest BCUT2D eigenvalue weighted by molar-refractivity contribution is 6.34. The predicted molar refractivity (Wildman–Crippen MR) is 86.8 cm³/mol. The van der Waals surface area contributed by atoms with Crippen molar-refractivity contribution in [2.45, 2.75) is 40.7 Å². The van der Waals surface area contributed by atoms with Gasteiger partial charge in [0.05, 0.1) is 10.7 Å². The number of benzene rings is 1. The average Bonchev–Trinajstić information content (AvgIpc) is 2.30. The molecule has 0 heterocycles. The van der Waals surface area contributed by atoms with Crippen LogP contribution in [0.2, 0.25) is 5.02 Å². The molecule has 0 radical (unpaired) electrons. The molecule has 1 atom stereocenters. The van der Waals surface area contributed by atoms with Gasteiger partial charge in [-0.05, 0) is 30.5 Å². The van der Waals surface area contributed by atoms with Crippen molar-refractivity contribution in [1.29, 1.82) is 0 Å². The third kappa shape index (κ3) is 5.63. The Morgan fingerprint density at radius 3 is 2.29 bits per heavy atom. The van der Waals surface area contributed by atoms with E-state index in [1.165, 1.54) is 6.92 Å². The van der Waals surface area contributed by atoms with Crippen molar-refractivity contribution >= 4 is 34.9 Å². The van der Waals surface area contributed by atoms with E-state index < -0.39 is 0 Å². The molecule has 0 unspecified atom stereocenters. The van der Waals surface area contributed by atoms with E-state index in [0.29, 0.717) is 16.4 Å². The normalized spacial score (nSPS) is 12.5. The fraction of sp³-hybridized carbons (Fsp3) is 0.467. The number of halogens is 1. The van der Waals surface area contributed by atoms with Crippen LogP contribution in [0.3, 0.4) is 0 Å². The highest BCUT2D eigenvalue weighted by Gasteiger charge is 2.21. The van der Waals surface area contributed by atoms with E-state index in [1.54, 1.807) is 18.2 Å². The van der Waals surface area contributed by atoms with Gasteiger partial charge >= 0.3 is 6.03 Å². The Kier molecular flexibility index (Phi) is 5.61. The van der Waals surface area contributed by atoms with Gasteiger partial charge in [0.15, 0.2) is 0 Å². The second-order valence-electron chi connectivity index (χ2n) is 6.06. The largest absolute Gasteiger partial charge is 0.335 e. The van der Waals surface area contributed by atoms with Crippen LogP contribution in [-0.4, -0.2) is 18.0 Å². The molecule has 0 aliphatic heterocycles. The van der Waals surface area contributed by atoms with Crippen molar-refractivity contribution in [3.05, 3.63) is 23.2 Å². The van der Waals surface area contributed by atoms with E-state index in [2.05, 4.69) is 16.0 Å². The third-order valence-corrected chi connectivity index (χ3v) is 3.50. The number of nitrogens with one attached hydrogen (secondary N) is 3. The number of hydrogen-bond donors (Lipinski definition) is 3. The Morgan fingerprint density at radius 2 is 1.81 bits per heavy atom. The van der Waals surface area contributed by atoms with Crippen molar-refractivity contribution in [3.8, 4) is 0 Å². The Bertz CT molecular complexity index is 538. The molecule has 1 aromatic rings. The Morgan fingerprint density at radius 1 is 1.19 bits per heavy atom. The number of carbonyl (C=O) groups is 2. The molecular formula is C15H22ClN3O2. The average molecular weight is 312 g/mol. The molecule has 5 nitrogen and oxygen atoms in total. The Labute approximate surface area is 130 Å². The molecule has 0 fully saturated rings. The van der Waals surface area contributed by atoms with E-state index >= 15 is 0 Å². The van der Waals surface area contributed by atoms with Gasteiger partial charge < -0.3 is 16.0 Å². The Balaban J connectivity index is 2.71. The Hall–Kier alpha value is -1.75. The zero-order valence-corrected chi connectivity index (χ0v) is 13.8. The van der Waals surface area contributed by atoms with Crippen LogP contribution in [0, 0.1) is 5.41 Å². The molecule has 0 saturated carbocycles. The van der Waals surface area contributed by atoms with E-state index in [9.17, 15) is 9.59 Å². The van der Waals surface area contributed by atoms with Crippen LogP contribution < -0.4 is 16.0 Å². The van der Waals surface area contributed by atoms with E-state index in [0.717, 1.165) is 0 Å². The maximum atomic E-state index is 11.9. The first-order chi connectivity index (χ1) is 9.59. The van der Waals surface area contributed by atoms with E-state index in [-0.39, 0.29) is 23.4 Å². The maximum absolute atomic E-state index is 11.9. The number of urea groups is 1. The zero-order valence-electron chi connectivity index (χ0n) is 13.0. The van der Waals surface area contributed by atoms with Gasteiger partial charge in [0.25, 0.3) is 0 Å². The lowest BCUT2D eigenvalue weighted by Gasteiger charge is -2.28. The second kappa shape index (κ2) is 6.80. The molecule has 0 aliphatic rings. The van der Waals surface area contributed by atoms with Crippen molar-refractivity contribution < 1.29 is 9.59 Å². The lowest BCUT2D eigenvalue weighted by molar-refractivity contribution is -0.114. The molecule has 0 aliphatic carbocycles. The summed E-state index contributed by atoms with van der Waals surface area (Å²) in [5, 5.41) is 8.55. The van der Waals surface area contributed by atoms with Crippen LogP contribution in [0.15, 0.2) is 18.2 Å². The van der Waals surface area contributed by atoms with Crippen LogP contribution in [0.4, 0.5) is 16.2 Å². The van der Waals surface area contributed by atoms with Gasteiger partial charge in [0.1, 0.15) is 0 Å². The van der Waals surface area contributed by atoms with Crippen molar-refractivity contribution in [1.82, 2.24) is 5.32 Å². The number of rotatable bonds is 3. The van der Waals surface area contributed by atoms with Crippen LogP contribution in [0.1, 0.15) is 34.6 Å². The predicted octanol–water partition coefficient (Wildman–Crippen LogP) is 3.85. The number of hydrogen-bond acceptors (Lipinski definition) is 2. The topological polar surface area (TPSA) is 70.2 Å². The van der Waals surface area contributed by atoms with E-state index in [4.69, 9.17) is 11.6 Å². The summed E-state index contributed by atoms with van der Waals surface area (Å²) >= 11 is 6.09. The lowest BCUT2D eigenvalue weighted by Crippen LogP contribution is -2.43. The molecule has 21 heavy (non-hydrogen) atoms. The van der Waals surface area contributed by atoms with Crippen LogP contribution >= 0.6 is 11.6 Å². The molecule has 1 rings (SSSR count). The van der Waals surface area contributed by atoms with Crippen molar-refractivity contribution in [3.63, 3.8) is 0 Å². The molecule has 1 aromatic carbocycles. The molecule has 6 heteroatoms. The summed E-state index contributed by atoms with van der Waals surface area (Å²) in [6, 6.07) is 4.61. The van der Waals surface area contributed by atoms with Crippen LogP contribution in [-0.2, 0) is 4.79 Å². The summed E-state index contributed by atoms with van der Waals surface area (Å²) in [5.74, 6) is -0.177. The summed E-state index contributed by atoms with van der Waals surface area (Å²) in [5.41, 5.74) is 1.04. The van der Waals surface area contributed by atoms with E-state index in [1.807, 2.05) is 27.7 Å². The fourth-order valence-corrected chi connectivity index (χ4v) is 1.70. The maximum Gasteiger partial charge on any atom is 0.319 e. The molecule has 0 aromatic heterocycles. The van der Waals surface area contributed by atoms with Gasteiger partial charge in [-0.1, -0.05) is 32.4 Å². The summed E-state index contributed by atoms with van der Waals surface area (Å²) < 4.78 is 0. The SMILES string of the molecule is CC(=O)Nc1ccc(NC(=O)N[C@@H](C)C(C)(C)C)c(Cl)c1. The van der Waals surface area contributed by atoms with Crippen LogP contribution in [0.5, 0.6) is 0 Å². The zero-order chi connectivity index (χ0) is 16.2. The standard InChI is InChI=1S/C15H22ClN3O2/c1-9(15(3,4)5)17-14(21)19-13-7-6-11(8-12(13)16)18-10(2)20/h6-9H,1-5H3,(H,18,20)(H2,17,19,21)/t9-/m0/s1. The van der Waals surface area contributed by atoms with Gasteiger partial charge in [-0.25, -0.2) is 4.79 Å². The van der Waals surface area contributed by atoms with Crippen molar-refractivity contribution in [2.24, 2.45) is 5.41 Å². The summed E-state index contributed by atoms with van der Waals surface area (Å²) in [7, 11) is 0. The molecule has 116 valence electrons. The third-order valence-electron chi connectivity index (χ3n) is 3.18. The van der Waals surface area contributed by atoms with Gasteiger partial charge in [-0.15, -0.1) is 0 Å². The minimum Gasteiger partial charge on any atom is -0.335 e. The minimum atomic E-state index is -0.313. The molecule has 3 amide bonds. The first kappa shape index (κ1) is 17.3. The minimum absolute atomic E-state index is 0.00919. The van der Waals surface area contributed by atoms with Gasteiger partial charge in [-0.2, -0.15) is 0 Å². The number of amides is 3. The molecule has 3 N–H and O–H groups in total. The van der Waals surface area contributed by atoms with Crippen LogP contribution in [0.25, 0.3) is 0 Å². The molecular weight excluding hydrogens is 290 g/mol. The second-order valence-corrected chi connectivity index (χ2v) is 6.47. The first-order valence-corrected chi connectivity index (χ1v) is 7.12. The van der Waals surface area contributed by atoms with Crippen molar-refractivity contribution in [2.75, 3.05) is 10.6 Å². The molecule has 0 spiro atoms. The monoisotopic (exact) mass is 311 g/mol. The summed E-state index contributed by atoms with van der Waals surface area (Å²) in [6.07, 6.45) is 0. The molecule has 0 bridgehead atoms. The smallest absolute Gasteiger partial charge is 0.319 e. The van der Waals surface area contributed by atoms with Gasteiger partial charge in [-0.3, -0.25) is 4.79 Å². The highest BCUT2D eigenvalue weighted by Crippen LogP contribution is 2.26. The van der Waals surface area contributed by atoms with Gasteiger partial charge in [0, 0.05) is 18.7 Å².